The predicted molar refractivity (Wildman–Crippen MR) is 95.5 cm³/mol. The Kier molecular flexibility index (Phi) is 5.82. The van der Waals surface area contributed by atoms with Gasteiger partial charge in [0.05, 0.1) is 12.6 Å². The Morgan fingerprint density at radius 1 is 1.12 bits per heavy atom. The Morgan fingerprint density at radius 2 is 1.80 bits per heavy atom. The van der Waals surface area contributed by atoms with Crippen molar-refractivity contribution in [2.75, 3.05) is 6.54 Å². The second-order valence-corrected chi connectivity index (χ2v) is 6.68. The molecule has 2 aromatic carbocycles. The first kappa shape index (κ1) is 17.6. The highest BCUT2D eigenvalue weighted by Gasteiger charge is 2.33. The highest BCUT2D eigenvalue weighted by molar-refractivity contribution is 5.77. The van der Waals surface area contributed by atoms with Gasteiger partial charge in [-0.2, -0.15) is 0 Å². The van der Waals surface area contributed by atoms with Crippen molar-refractivity contribution in [3.05, 3.63) is 71.5 Å². The summed E-state index contributed by atoms with van der Waals surface area (Å²) in [5.74, 6) is -0.230. The van der Waals surface area contributed by atoms with E-state index in [1.165, 1.54) is 17.7 Å². The Bertz CT molecular complexity index is 683. The topological polar surface area (TPSA) is 40.5 Å². The molecule has 1 saturated carbocycles. The summed E-state index contributed by atoms with van der Waals surface area (Å²) in [7, 11) is 0. The maximum Gasteiger partial charge on any atom is 0.222 e. The third-order valence-corrected chi connectivity index (χ3v) is 4.63. The highest BCUT2D eigenvalue weighted by atomic mass is 19.1. The minimum absolute atomic E-state index is 0.0968. The van der Waals surface area contributed by atoms with E-state index >= 15 is 0 Å². The van der Waals surface area contributed by atoms with Crippen LogP contribution in [0.2, 0.25) is 0 Å². The monoisotopic (exact) mass is 341 g/mol. The summed E-state index contributed by atoms with van der Waals surface area (Å²) in [5.41, 5.74) is 1.88. The van der Waals surface area contributed by atoms with Gasteiger partial charge in [-0.15, -0.1) is 0 Å². The van der Waals surface area contributed by atoms with Crippen LogP contribution < -0.4 is 0 Å². The number of aliphatic hydroxyl groups excluding tert-OH is 1. The lowest BCUT2D eigenvalue weighted by Gasteiger charge is -2.25. The number of nitrogens with zero attached hydrogens (tertiary/aromatic N) is 1. The van der Waals surface area contributed by atoms with Crippen LogP contribution in [0.4, 0.5) is 4.39 Å². The van der Waals surface area contributed by atoms with Crippen LogP contribution in [0.5, 0.6) is 0 Å². The fraction of sp³-hybridized carbons (Fsp3) is 0.381. The second kappa shape index (κ2) is 8.26. The summed E-state index contributed by atoms with van der Waals surface area (Å²) in [6, 6.07) is 16.2. The number of benzene rings is 2. The Labute approximate surface area is 148 Å². The molecule has 1 fully saturated rings. The smallest absolute Gasteiger partial charge is 0.222 e. The molecule has 1 aliphatic rings. The molecule has 1 aliphatic carbocycles. The fourth-order valence-electron chi connectivity index (χ4n) is 3.05. The van der Waals surface area contributed by atoms with Crippen molar-refractivity contribution in [2.45, 2.75) is 44.2 Å². The standard InChI is InChI=1S/C21H24FNO2/c22-18-11-9-17(10-12-18)20(24)15-23(19-13-14-19)21(25)8-4-7-16-5-2-1-3-6-16/h1-3,5-6,9-12,19-20,24H,4,7-8,13-15H2. The van der Waals surface area contributed by atoms with Crippen molar-refractivity contribution >= 4 is 5.91 Å². The van der Waals surface area contributed by atoms with E-state index < -0.39 is 6.10 Å². The average Bonchev–Trinajstić information content (AvgIpc) is 3.46. The van der Waals surface area contributed by atoms with Crippen LogP contribution in [0, 0.1) is 5.82 Å². The molecule has 0 spiro atoms. The van der Waals surface area contributed by atoms with Crippen LogP contribution >= 0.6 is 0 Å². The zero-order chi connectivity index (χ0) is 17.6. The van der Waals surface area contributed by atoms with Gasteiger partial charge in [0.25, 0.3) is 0 Å². The van der Waals surface area contributed by atoms with Crippen molar-refractivity contribution in [1.82, 2.24) is 4.90 Å². The zero-order valence-corrected chi connectivity index (χ0v) is 14.3. The van der Waals surface area contributed by atoms with Gasteiger partial charge in [-0.1, -0.05) is 42.5 Å². The van der Waals surface area contributed by atoms with Gasteiger partial charge in [-0.25, -0.2) is 4.39 Å². The molecule has 25 heavy (non-hydrogen) atoms. The number of carbonyl (C=O) groups is 1. The number of hydrogen-bond donors (Lipinski definition) is 1. The number of carbonyl (C=O) groups excluding carboxylic acids is 1. The molecule has 0 radical (unpaired) electrons. The minimum atomic E-state index is -0.778. The van der Waals surface area contributed by atoms with Crippen molar-refractivity contribution in [1.29, 1.82) is 0 Å². The number of halogens is 1. The van der Waals surface area contributed by atoms with Gasteiger partial charge in [0.1, 0.15) is 5.82 Å². The molecule has 0 bridgehead atoms. The summed E-state index contributed by atoms with van der Waals surface area (Å²) in [6.07, 6.45) is 3.40. The van der Waals surface area contributed by atoms with Crippen LogP contribution in [0.25, 0.3) is 0 Å². The molecule has 1 unspecified atom stereocenters. The quantitative estimate of drug-likeness (QED) is 0.792. The normalized spacial score (nSPS) is 15.0. The molecule has 4 heteroatoms. The number of rotatable bonds is 8. The molecule has 3 rings (SSSR count). The summed E-state index contributed by atoms with van der Waals surface area (Å²) < 4.78 is 13.0. The van der Waals surface area contributed by atoms with E-state index in [1.807, 2.05) is 18.2 Å². The van der Waals surface area contributed by atoms with Crippen molar-refractivity contribution in [3.8, 4) is 0 Å². The molecule has 0 heterocycles. The Balaban J connectivity index is 1.53. The number of aryl methyl sites for hydroxylation is 1. The van der Waals surface area contributed by atoms with E-state index in [-0.39, 0.29) is 24.3 Å². The van der Waals surface area contributed by atoms with Crippen LogP contribution in [-0.4, -0.2) is 28.5 Å². The van der Waals surface area contributed by atoms with Crippen LogP contribution in [0.1, 0.15) is 42.9 Å². The fourth-order valence-corrected chi connectivity index (χ4v) is 3.05. The molecule has 1 amide bonds. The molecule has 0 aromatic heterocycles. The van der Waals surface area contributed by atoms with Gasteiger partial charge in [0, 0.05) is 12.5 Å². The van der Waals surface area contributed by atoms with Gasteiger partial charge in [-0.3, -0.25) is 4.79 Å². The number of amides is 1. The summed E-state index contributed by atoms with van der Waals surface area (Å²) in [5, 5.41) is 10.4. The molecular weight excluding hydrogens is 317 g/mol. The van der Waals surface area contributed by atoms with E-state index in [4.69, 9.17) is 0 Å². The lowest BCUT2D eigenvalue weighted by Crippen LogP contribution is -2.36. The summed E-state index contributed by atoms with van der Waals surface area (Å²) in [6.45, 7) is 0.278. The molecule has 1 N–H and O–H groups in total. The van der Waals surface area contributed by atoms with Crippen LogP contribution in [-0.2, 0) is 11.2 Å². The molecule has 2 aromatic rings. The van der Waals surface area contributed by atoms with Crippen LogP contribution in [0.3, 0.4) is 0 Å². The van der Waals surface area contributed by atoms with Gasteiger partial charge < -0.3 is 10.0 Å². The highest BCUT2D eigenvalue weighted by Crippen LogP contribution is 2.30. The molecular formula is C21H24FNO2. The minimum Gasteiger partial charge on any atom is -0.387 e. The van der Waals surface area contributed by atoms with Gasteiger partial charge >= 0.3 is 0 Å². The SMILES string of the molecule is O=C(CCCc1ccccc1)N(CC(O)c1ccc(F)cc1)C1CC1. The first-order chi connectivity index (χ1) is 12.1. The van der Waals surface area contributed by atoms with E-state index in [0.717, 1.165) is 25.7 Å². The maximum absolute atomic E-state index is 13.0. The third kappa shape index (κ3) is 5.13. The van der Waals surface area contributed by atoms with Gasteiger partial charge in [0.2, 0.25) is 5.91 Å². The summed E-state index contributed by atoms with van der Waals surface area (Å²) in [4.78, 5) is 14.4. The third-order valence-electron chi connectivity index (χ3n) is 4.63. The van der Waals surface area contributed by atoms with Crippen LogP contribution in [0.15, 0.2) is 54.6 Å². The van der Waals surface area contributed by atoms with Gasteiger partial charge in [0.15, 0.2) is 0 Å². The van der Waals surface area contributed by atoms with Gasteiger partial charge in [-0.05, 0) is 48.9 Å². The Hall–Kier alpha value is -2.20. The van der Waals surface area contributed by atoms with E-state index in [1.54, 1.807) is 17.0 Å². The zero-order valence-electron chi connectivity index (χ0n) is 14.3. The molecule has 3 nitrogen and oxygen atoms in total. The largest absolute Gasteiger partial charge is 0.387 e. The first-order valence-electron chi connectivity index (χ1n) is 8.90. The lowest BCUT2D eigenvalue weighted by atomic mass is 10.1. The average molecular weight is 341 g/mol. The Morgan fingerprint density at radius 3 is 2.44 bits per heavy atom. The summed E-state index contributed by atoms with van der Waals surface area (Å²) >= 11 is 0. The molecule has 0 saturated heterocycles. The maximum atomic E-state index is 13.0. The van der Waals surface area contributed by atoms with E-state index in [2.05, 4.69) is 12.1 Å². The predicted octanol–water partition coefficient (Wildman–Crippen LogP) is 3.87. The van der Waals surface area contributed by atoms with Crippen molar-refractivity contribution in [2.24, 2.45) is 0 Å². The van der Waals surface area contributed by atoms with Crippen molar-refractivity contribution < 1.29 is 14.3 Å². The lowest BCUT2D eigenvalue weighted by molar-refractivity contribution is -0.133. The first-order valence-corrected chi connectivity index (χ1v) is 8.90. The van der Waals surface area contributed by atoms with E-state index in [9.17, 15) is 14.3 Å². The number of aliphatic hydroxyl groups is 1. The van der Waals surface area contributed by atoms with Crippen molar-refractivity contribution in [3.63, 3.8) is 0 Å². The molecule has 0 aliphatic heterocycles. The molecule has 132 valence electrons. The molecule has 1 atom stereocenters. The number of hydrogen-bond acceptors (Lipinski definition) is 2. The van der Waals surface area contributed by atoms with E-state index in [0.29, 0.717) is 12.0 Å². The second-order valence-electron chi connectivity index (χ2n) is 6.68.